The molecule has 0 atom stereocenters. The Morgan fingerprint density at radius 3 is 2.88 bits per heavy atom. The molecule has 0 aliphatic heterocycles. The number of carbonyl (C=O) groups is 1. The van der Waals surface area contributed by atoms with E-state index in [1.807, 2.05) is 6.07 Å². The van der Waals surface area contributed by atoms with Crippen molar-refractivity contribution in [3.05, 3.63) is 29.6 Å². The van der Waals surface area contributed by atoms with Gasteiger partial charge in [0.2, 0.25) is 0 Å². The molecule has 0 aliphatic carbocycles. The Balaban J connectivity index is 2.52. The maximum atomic E-state index is 11.0. The van der Waals surface area contributed by atoms with E-state index in [9.17, 15) is 4.79 Å². The summed E-state index contributed by atoms with van der Waals surface area (Å²) in [6, 6.07) is 5.15. The van der Waals surface area contributed by atoms with Crippen molar-refractivity contribution in [3.8, 4) is 0 Å². The number of nitrogens with zero attached hydrogens (tertiary/aromatic N) is 1. The molecule has 2 aromatic rings. The average molecular weight is 218 g/mol. The van der Waals surface area contributed by atoms with Gasteiger partial charge in [0.25, 0.3) is 0 Å². The quantitative estimate of drug-likeness (QED) is 0.831. The second kappa shape index (κ2) is 3.96. The Labute approximate surface area is 93.3 Å². The summed E-state index contributed by atoms with van der Waals surface area (Å²) in [7, 11) is 0. The van der Waals surface area contributed by atoms with E-state index >= 15 is 0 Å². The number of aromatic nitrogens is 2. The van der Waals surface area contributed by atoms with Crippen LogP contribution in [0.25, 0.3) is 11.0 Å². The first kappa shape index (κ1) is 10.7. The van der Waals surface area contributed by atoms with Gasteiger partial charge in [-0.1, -0.05) is 19.9 Å². The standard InChI is InChI=1S/C12H14N2O2/c1-7(2)6-10-13-9-5-3-4-8(12(15)16)11(9)14-10/h3-5,7H,6H2,1-2H3,(H,13,14)(H,15,16). The van der Waals surface area contributed by atoms with Gasteiger partial charge in [-0.3, -0.25) is 0 Å². The number of hydrogen-bond donors (Lipinski definition) is 2. The minimum absolute atomic E-state index is 0.253. The molecule has 0 spiro atoms. The molecule has 2 rings (SSSR count). The van der Waals surface area contributed by atoms with Gasteiger partial charge in [-0.25, -0.2) is 9.78 Å². The van der Waals surface area contributed by atoms with E-state index < -0.39 is 5.97 Å². The highest BCUT2D eigenvalue weighted by Crippen LogP contribution is 2.17. The monoisotopic (exact) mass is 218 g/mol. The number of aromatic carboxylic acids is 1. The van der Waals surface area contributed by atoms with Crippen LogP contribution in [0.4, 0.5) is 0 Å². The predicted molar refractivity (Wildman–Crippen MR) is 61.6 cm³/mol. The number of imidazole rings is 1. The Morgan fingerprint density at radius 2 is 2.25 bits per heavy atom. The summed E-state index contributed by atoms with van der Waals surface area (Å²) >= 11 is 0. The van der Waals surface area contributed by atoms with Crippen molar-refractivity contribution in [2.24, 2.45) is 5.92 Å². The maximum absolute atomic E-state index is 11.0. The molecule has 0 amide bonds. The summed E-state index contributed by atoms with van der Waals surface area (Å²) < 4.78 is 0. The van der Waals surface area contributed by atoms with Gasteiger partial charge >= 0.3 is 5.97 Å². The largest absolute Gasteiger partial charge is 0.478 e. The molecule has 0 aliphatic rings. The number of nitrogens with one attached hydrogen (secondary N) is 1. The molecule has 0 radical (unpaired) electrons. The molecule has 16 heavy (non-hydrogen) atoms. The van der Waals surface area contributed by atoms with Crippen LogP contribution in [-0.4, -0.2) is 21.0 Å². The van der Waals surface area contributed by atoms with E-state index in [0.717, 1.165) is 17.8 Å². The smallest absolute Gasteiger partial charge is 0.337 e. The second-order valence-electron chi connectivity index (χ2n) is 4.29. The van der Waals surface area contributed by atoms with E-state index in [2.05, 4.69) is 23.8 Å². The molecule has 4 nitrogen and oxygen atoms in total. The Morgan fingerprint density at radius 1 is 1.50 bits per heavy atom. The number of rotatable bonds is 3. The molecule has 84 valence electrons. The Bertz CT molecular complexity index is 529. The third-order valence-corrected chi connectivity index (χ3v) is 2.39. The summed E-state index contributed by atoms with van der Waals surface area (Å²) in [5.74, 6) is 0.403. The van der Waals surface area contributed by atoms with E-state index in [0.29, 0.717) is 11.4 Å². The van der Waals surface area contributed by atoms with Gasteiger partial charge in [0, 0.05) is 6.42 Å². The van der Waals surface area contributed by atoms with Crippen molar-refractivity contribution in [2.45, 2.75) is 20.3 Å². The number of benzene rings is 1. The van der Waals surface area contributed by atoms with Gasteiger partial charge in [-0.2, -0.15) is 0 Å². The van der Waals surface area contributed by atoms with Crippen LogP contribution in [-0.2, 0) is 6.42 Å². The molecule has 1 aromatic heterocycles. The first-order chi connectivity index (χ1) is 7.58. The molecular formula is C12H14N2O2. The highest BCUT2D eigenvalue weighted by atomic mass is 16.4. The minimum atomic E-state index is -0.937. The first-order valence-electron chi connectivity index (χ1n) is 5.29. The zero-order valence-electron chi connectivity index (χ0n) is 9.32. The molecule has 0 bridgehead atoms. The number of H-pyrrole nitrogens is 1. The lowest BCUT2D eigenvalue weighted by atomic mass is 10.1. The second-order valence-corrected chi connectivity index (χ2v) is 4.29. The normalized spacial score (nSPS) is 11.2. The van der Waals surface area contributed by atoms with Crippen LogP contribution in [0.5, 0.6) is 0 Å². The Hall–Kier alpha value is -1.84. The van der Waals surface area contributed by atoms with Gasteiger partial charge in [0.15, 0.2) is 0 Å². The highest BCUT2D eigenvalue weighted by Gasteiger charge is 2.12. The lowest BCUT2D eigenvalue weighted by molar-refractivity contribution is 0.0699. The van der Waals surface area contributed by atoms with Crippen LogP contribution in [0.3, 0.4) is 0 Å². The predicted octanol–water partition coefficient (Wildman–Crippen LogP) is 2.46. The van der Waals surface area contributed by atoms with Gasteiger partial charge in [0.05, 0.1) is 11.1 Å². The van der Waals surface area contributed by atoms with Gasteiger partial charge in [0.1, 0.15) is 11.3 Å². The molecule has 0 unspecified atom stereocenters. The van der Waals surface area contributed by atoms with Crippen molar-refractivity contribution in [3.63, 3.8) is 0 Å². The van der Waals surface area contributed by atoms with Crippen molar-refractivity contribution >= 4 is 17.0 Å². The zero-order chi connectivity index (χ0) is 11.7. The van der Waals surface area contributed by atoms with E-state index in [-0.39, 0.29) is 5.56 Å². The third kappa shape index (κ3) is 1.91. The zero-order valence-corrected chi connectivity index (χ0v) is 9.32. The number of hydrogen-bond acceptors (Lipinski definition) is 2. The SMILES string of the molecule is CC(C)Cc1nc2c(C(=O)O)cccc2[nH]1. The number of fused-ring (bicyclic) bond motifs is 1. The summed E-state index contributed by atoms with van der Waals surface area (Å²) in [5, 5.41) is 9.02. The van der Waals surface area contributed by atoms with Crippen molar-refractivity contribution in [2.75, 3.05) is 0 Å². The van der Waals surface area contributed by atoms with Crippen LogP contribution in [0.15, 0.2) is 18.2 Å². The molecule has 0 saturated heterocycles. The van der Waals surface area contributed by atoms with Crippen LogP contribution >= 0.6 is 0 Å². The molecule has 1 heterocycles. The summed E-state index contributed by atoms with van der Waals surface area (Å²) in [6.07, 6.45) is 0.827. The molecule has 1 aromatic carbocycles. The minimum Gasteiger partial charge on any atom is -0.478 e. The summed E-state index contributed by atoms with van der Waals surface area (Å²) in [5.41, 5.74) is 1.59. The van der Waals surface area contributed by atoms with Gasteiger partial charge < -0.3 is 10.1 Å². The Kier molecular flexibility index (Phi) is 2.64. The first-order valence-corrected chi connectivity index (χ1v) is 5.29. The highest BCUT2D eigenvalue weighted by molar-refractivity contribution is 6.00. The molecule has 2 N–H and O–H groups in total. The summed E-state index contributed by atoms with van der Waals surface area (Å²) in [4.78, 5) is 18.5. The van der Waals surface area contributed by atoms with E-state index in [1.54, 1.807) is 12.1 Å². The molecule has 0 saturated carbocycles. The fraction of sp³-hybridized carbons (Fsp3) is 0.333. The van der Waals surface area contributed by atoms with Gasteiger partial charge in [-0.05, 0) is 18.1 Å². The van der Waals surface area contributed by atoms with Crippen molar-refractivity contribution < 1.29 is 9.90 Å². The third-order valence-electron chi connectivity index (χ3n) is 2.39. The van der Waals surface area contributed by atoms with Crippen molar-refractivity contribution in [1.29, 1.82) is 0 Å². The fourth-order valence-corrected chi connectivity index (χ4v) is 1.74. The van der Waals surface area contributed by atoms with Crippen LogP contribution < -0.4 is 0 Å². The number of para-hydroxylation sites is 1. The van der Waals surface area contributed by atoms with Crippen LogP contribution in [0.1, 0.15) is 30.0 Å². The molecular weight excluding hydrogens is 204 g/mol. The lowest BCUT2D eigenvalue weighted by Gasteiger charge is -1.98. The van der Waals surface area contributed by atoms with Crippen molar-refractivity contribution in [1.82, 2.24) is 9.97 Å². The molecule has 4 heteroatoms. The number of carboxylic acids is 1. The maximum Gasteiger partial charge on any atom is 0.337 e. The van der Waals surface area contributed by atoms with Gasteiger partial charge in [-0.15, -0.1) is 0 Å². The number of aromatic amines is 1. The topological polar surface area (TPSA) is 66.0 Å². The van der Waals surface area contributed by atoms with E-state index in [4.69, 9.17) is 5.11 Å². The number of carboxylic acid groups (broad SMARTS) is 1. The van der Waals surface area contributed by atoms with E-state index in [1.165, 1.54) is 0 Å². The van der Waals surface area contributed by atoms with Crippen LogP contribution in [0.2, 0.25) is 0 Å². The molecule has 0 fully saturated rings. The van der Waals surface area contributed by atoms with Crippen LogP contribution in [0, 0.1) is 5.92 Å². The summed E-state index contributed by atoms with van der Waals surface area (Å²) in [6.45, 7) is 4.20. The lowest BCUT2D eigenvalue weighted by Crippen LogP contribution is -1.97. The average Bonchev–Trinajstić information content (AvgIpc) is 2.57. The fourth-order valence-electron chi connectivity index (χ4n) is 1.74.